The van der Waals surface area contributed by atoms with Gasteiger partial charge < -0.3 is 0 Å². The van der Waals surface area contributed by atoms with Gasteiger partial charge in [-0.25, -0.2) is 9.97 Å². The predicted molar refractivity (Wildman–Crippen MR) is 81.9 cm³/mol. The van der Waals surface area contributed by atoms with Crippen molar-refractivity contribution in [3.05, 3.63) is 33.6 Å². The molecule has 0 amide bonds. The van der Waals surface area contributed by atoms with Crippen molar-refractivity contribution in [2.75, 3.05) is 0 Å². The van der Waals surface area contributed by atoms with Crippen molar-refractivity contribution in [1.29, 1.82) is 0 Å². The minimum absolute atomic E-state index is 0.0322. The highest BCUT2D eigenvalue weighted by atomic mass is 14.8. The Morgan fingerprint density at radius 1 is 0.632 bits per heavy atom. The maximum absolute atomic E-state index is 4.95. The molecule has 1 aromatic heterocycles. The molecule has 0 bridgehead atoms. The van der Waals surface area contributed by atoms with E-state index in [9.17, 15) is 0 Å². The van der Waals surface area contributed by atoms with Crippen LogP contribution in [0.1, 0.15) is 54.4 Å². The van der Waals surface area contributed by atoms with Crippen LogP contribution in [0, 0.1) is 34.6 Å². The van der Waals surface area contributed by atoms with Gasteiger partial charge in [0.1, 0.15) is 0 Å². The number of benzene rings is 1. The lowest BCUT2D eigenvalue weighted by Gasteiger charge is -2.22. The van der Waals surface area contributed by atoms with Crippen molar-refractivity contribution in [3.63, 3.8) is 0 Å². The van der Waals surface area contributed by atoms with Crippen molar-refractivity contribution in [1.82, 2.24) is 9.97 Å². The van der Waals surface area contributed by atoms with Crippen molar-refractivity contribution >= 4 is 11.0 Å². The molecule has 0 atom stereocenters. The first kappa shape index (κ1) is 14.0. The Balaban J connectivity index is 2.95. The molecule has 0 aliphatic heterocycles. The van der Waals surface area contributed by atoms with Crippen LogP contribution in [-0.2, 0) is 5.41 Å². The summed E-state index contributed by atoms with van der Waals surface area (Å²) < 4.78 is 0. The molecule has 19 heavy (non-hydrogen) atoms. The number of hydrogen-bond donors (Lipinski definition) is 0. The van der Waals surface area contributed by atoms with E-state index in [0.717, 1.165) is 22.4 Å². The molecular formula is C17H24N2. The molecule has 0 aliphatic carbocycles. The average Bonchev–Trinajstić information content (AvgIpc) is 2.31. The highest BCUT2D eigenvalue weighted by molar-refractivity contribution is 5.84. The monoisotopic (exact) mass is 256 g/mol. The van der Waals surface area contributed by atoms with Gasteiger partial charge in [-0.05, 0) is 56.9 Å². The van der Waals surface area contributed by atoms with Crippen LogP contribution in [0.4, 0.5) is 0 Å². The topological polar surface area (TPSA) is 25.8 Å². The zero-order valence-corrected chi connectivity index (χ0v) is 13.4. The van der Waals surface area contributed by atoms with E-state index in [1.54, 1.807) is 0 Å². The van der Waals surface area contributed by atoms with Crippen LogP contribution < -0.4 is 0 Å². The van der Waals surface area contributed by atoms with Crippen LogP contribution in [0.25, 0.3) is 11.0 Å². The molecule has 0 radical (unpaired) electrons. The Morgan fingerprint density at radius 2 is 1.05 bits per heavy atom. The van der Waals surface area contributed by atoms with Gasteiger partial charge in [0.2, 0.25) is 0 Å². The molecule has 0 spiro atoms. The van der Waals surface area contributed by atoms with Crippen molar-refractivity contribution in [2.45, 2.75) is 60.8 Å². The number of hydrogen-bond acceptors (Lipinski definition) is 2. The van der Waals surface area contributed by atoms with Gasteiger partial charge in [0.05, 0.1) is 22.4 Å². The number of aromatic nitrogens is 2. The van der Waals surface area contributed by atoms with Crippen molar-refractivity contribution < 1.29 is 0 Å². The highest BCUT2D eigenvalue weighted by Crippen LogP contribution is 2.30. The summed E-state index contributed by atoms with van der Waals surface area (Å²) >= 11 is 0. The molecule has 2 rings (SSSR count). The second-order valence-corrected chi connectivity index (χ2v) is 6.60. The van der Waals surface area contributed by atoms with E-state index in [0.29, 0.717) is 0 Å². The Kier molecular flexibility index (Phi) is 3.16. The van der Waals surface area contributed by atoms with Crippen molar-refractivity contribution in [3.8, 4) is 0 Å². The van der Waals surface area contributed by atoms with Gasteiger partial charge in [0, 0.05) is 5.41 Å². The summed E-state index contributed by atoms with van der Waals surface area (Å²) in [5.41, 5.74) is 9.50. The van der Waals surface area contributed by atoms with Crippen LogP contribution in [0.3, 0.4) is 0 Å². The third-order valence-electron chi connectivity index (χ3n) is 4.18. The van der Waals surface area contributed by atoms with Gasteiger partial charge in [-0.2, -0.15) is 0 Å². The normalized spacial score (nSPS) is 12.2. The predicted octanol–water partition coefficient (Wildman–Crippen LogP) is 4.47. The van der Waals surface area contributed by atoms with Gasteiger partial charge >= 0.3 is 0 Å². The molecule has 1 aromatic carbocycles. The lowest BCUT2D eigenvalue weighted by molar-refractivity contribution is 0.563. The molecule has 0 saturated heterocycles. The third-order valence-corrected chi connectivity index (χ3v) is 4.18. The standard InChI is InChI=1S/C17H24N2/c1-9-10(2)12(4)15-14(11(9)3)18-13(5)16(19-15)17(6,7)8/h1-8H3. The average molecular weight is 256 g/mol. The van der Waals surface area contributed by atoms with E-state index in [1.807, 2.05) is 0 Å². The minimum atomic E-state index is 0.0322. The SMILES string of the molecule is Cc1nc2c(C)c(C)c(C)c(C)c2nc1C(C)(C)C. The molecule has 2 aromatic rings. The molecule has 2 heteroatoms. The van der Waals surface area contributed by atoms with Gasteiger partial charge in [-0.3, -0.25) is 0 Å². The number of aryl methyl sites for hydroxylation is 3. The molecule has 0 saturated carbocycles. The lowest BCUT2D eigenvalue weighted by atomic mass is 9.89. The fourth-order valence-corrected chi connectivity index (χ4v) is 2.67. The lowest BCUT2D eigenvalue weighted by Crippen LogP contribution is -2.17. The summed E-state index contributed by atoms with van der Waals surface area (Å²) in [5, 5.41) is 0. The van der Waals surface area contributed by atoms with E-state index in [1.165, 1.54) is 22.3 Å². The van der Waals surface area contributed by atoms with Crippen LogP contribution in [-0.4, -0.2) is 9.97 Å². The van der Waals surface area contributed by atoms with Gasteiger partial charge in [-0.1, -0.05) is 20.8 Å². The van der Waals surface area contributed by atoms with Crippen molar-refractivity contribution in [2.24, 2.45) is 0 Å². The number of nitrogens with zero attached hydrogens (tertiary/aromatic N) is 2. The third kappa shape index (κ3) is 2.13. The van der Waals surface area contributed by atoms with E-state index in [-0.39, 0.29) is 5.41 Å². The largest absolute Gasteiger partial charge is 0.249 e. The summed E-state index contributed by atoms with van der Waals surface area (Å²) in [7, 11) is 0. The molecule has 102 valence electrons. The van der Waals surface area contributed by atoms with Gasteiger partial charge in [0.15, 0.2) is 0 Å². The highest BCUT2D eigenvalue weighted by Gasteiger charge is 2.21. The first-order valence-electron chi connectivity index (χ1n) is 6.89. The summed E-state index contributed by atoms with van der Waals surface area (Å²) in [5.74, 6) is 0. The number of rotatable bonds is 0. The fraction of sp³-hybridized carbons (Fsp3) is 0.529. The Labute approximate surface area is 116 Å². The molecule has 0 fully saturated rings. The van der Waals surface area contributed by atoms with E-state index < -0.39 is 0 Å². The second kappa shape index (κ2) is 4.29. The minimum Gasteiger partial charge on any atom is -0.249 e. The quantitative estimate of drug-likeness (QED) is 0.695. The van der Waals surface area contributed by atoms with E-state index >= 15 is 0 Å². The zero-order chi connectivity index (χ0) is 14.5. The first-order chi connectivity index (χ1) is 8.64. The summed E-state index contributed by atoms with van der Waals surface area (Å²) in [6.45, 7) is 17.3. The Morgan fingerprint density at radius 3 is 1.47 bits per heavy atom. The maximum Gasteiger partial charge on any atom is 0.0925 e. The zero-order valence-electron chi connectivity index (χ0n) is 13.4. The summed E-state index contributed by atoms with van der Waals surface area (Å²) in [4.78, 5) is 9.79. The number of fused-ring (bicyclic) bond motifs is 1. The van der Waals surface area contributed by atoms with Crippen LogP contribution in [0.15, 0.2) is 0 Å². The first-order valence-corrected chi connectivity index (χ1v) is 6.89. The summed E-state index contributed by atoms with van der Waals surface area (Å²) in [6, 6.07) is 0. The van der Waals surface area contributed by atoms with E-state index in [4.69, 9.17) is 9.97 Å². The summed E-state index contributed by atoms with van der Waals surface area (Å²) in [6.07, 6.45) is 0. The molecule has 0 N–H and O–H groups in total. The molecule has 2 nitrogen and oxygen atoms in total. The smallest absolute Gasteiger partial charge is 0.0925 e. The second-order valence-electron chi connectivity index (χ2n) is 6.60. The van der Waals surface area contributed by atoms with Crippen LogP contribution >= 0.6 is 0 Å². The van der Waals surface area contributed by atoms with Gasteiger partial charge in [-0.15, -0.1) is 0 Å². The fourth-order valence-electron chi connectivity index (χ4n) is 2.67. The van der Waals surface area contributed by atoms with Crippen LogP contribution in [0.2, 0.25) is 0 Å². The molecular weight excluding hydrogens is 232 g/mol. The van der Waals surface area contributed by atoms with Crippen LogP contribution in [0.5, 0.6) is 0 Å². The Hall–Kier alpha value is -1.44. The van der Waals surface area contributed by atoms with E-state index in [2.05, 4.69) is 55.4 Å². The Bertz CT molecular complexity index is 661. The maximum atomic E-state index is 4.95. The molecule has 0 unspecified atom stereocenters. The van der Waals surface area contributed by atoms with Gasteiger partial charge in [0.25, 0.3) is 0 Å². The molecule has 1 heterocycles. The molecule has 0 aliphatic rings.